The maximum absolute atomic E-state index is 12.5. The maximum Gasteiger partial charge on any atom is 0.223 e. The Kier molecular flexibility index (Phi) is 6.71. The monoisotopic (exact) mass is 368 g/mol. The number of nitrogens with zero attached hydrogens (tertiary/aromatic N) is 1. The van der Waals surface area contributed by atoms with Crippen molar-refractivity contribution in [1.82, 2.24) is 10.2 Å². The highest BCUT2D eigenvalue weighted by Gasteiger charge is 2.24. The van der Waals surface area contributed by atoms with E-state index in [1.54, 1.807) is 14.2 Å². The van der Waals surface area contributed by atoms with Gasteiger partial charge in [-0.2, -0.15) is 0 Å². The fourth-order valence-electron chi connectivity index (χ4n) is 3.52. The second-order valence-corrected chi connectivity index (χ2v) is 6.94. The van der Waals surface area contributed by atoms with E-state index in [0.29, 0.717) is 18.0 Å². The molecule has 2 aromatic carbocycles. The summed E-state index contributed by atoms with van der Waals surface area (Å²) in [6, 6.07) is 16.2. The van der Waals surface area contributed by atoms with Gasteiger partial charge in [-0.05, 0) is 49.2 Å². The van der Waals surface area contributed by atoms with Gasteiger partial charge in [0.15, 0.2) is 11.5 Å². The molecule has 5 heteroatoms. The van der Waals surface area contributed by atoms with E-state index in [2.05, 4.69) is 34.5 Å². The first-order valence-corrected chi connectivity index (χ1v) is 9.44. The molecule has 1 amide bonds. The van der Waals surface area contributed by atoms with E-state index < -0.39 is 0 Å². The van der Waals surface area contributed by atoms with Crippen LogP contribution in [0, 0.1) is 5.92 Å². The summed E-state index contributed by atoms with van der Waals surface area (Å²) >= 11 is 0. The SMILES string of the molecule is COc1ccc(CNC(=O)C2CCN(Cc3ccccc3)CC2)cc1OC. The molecule has 0 unspecified atom stereocenters. The summed E-state index contributed by atoms with van der Waals surface area (Å²) in [6.07, 6.45) is 1.81. The second kappa shape index (κ2) is 9.42. The van der Waals surface area contributed by atoms with Gasteiger partial charge in [-0.25, -0.2) is 0 Å². The summed E-state index contributed by atoms with van der Waals surface area (Å²) in [5.41, 5.74) is 2.33. The zero-order valence-electron chi connectivity index (χ0n) is 16.1. The predicted molar refractivity (Wildman–Crippen MR) is 106 cm³/mol. The van der Waals surface area contributed by atoms with Gasteiger partial charge in [0.25, 0.3) is 0 Å². The molecule has 0 spiro atoms. The van der Waals surface area contributed by atoms with Gasteiger partial charge in [0.1, 0.15) is 0 Å². The van der Waals surface area contributed by atoms with Crippen LogP contribution in [0.15, 0.2) is 48.5 Å². The highest BCUT2D eigenvalue weighted by Crippen LogP contribution is 2.27. The minimum atomic E-state index is 0.0946. The molecule has 144 valence electrons. The van der Waals surface area contributed by atoms with Gasteiger partial charge in [-0.1, -0.05) is 36.4 Å². The lowest BCUT2D eigenvalue weighted by Gasteiger charge is -2.31. The lowest BCUT2D eigenvalue weighted by molar-refractivity contribution is -0.126. The highest BCUT2D eigenvalue weighted by molar-refractivity contribution is 5.78. The number of nitrogens with one attached hydrogen (secondary N) is 1. The summed E-state index contributed by atoms with van der Waals surface area (Å²) in [5.74, 6) is 1.61. The van der Waals surface area contributed by atoms with E-state index in [4.69, 9.17) is 9.47 Å². The van der Waals surface area contributed by atoms with Crippen molar-refractivity contribution in [3.63, 3.8) is 0 Å². The first-order valence-electron chi connectivity index (χ1n) is 9.44. The third-order valence-corrected chi connectivity index (χ3v) is 5.12. The normalized spacial score (nSPS) is 15.3. The highest BCUT2D eigenvalue weighted by atomic mass is 16.5. The number of methoxy groups -OCH3 is 2. The van der Waals surface area contributed by atoms with Crippen molar-refractivity contribution in [3.8, 4) is 11.5 Å². The molecule has 1 aliphatic heterocycles. The quantitative estimate of drug-likeness (QED) is 0.815. The van der Waals surface area contributed by atoms with Crippen LogP contribution >= 0.6 is 0 Å². The Morgan fingerprint density at radius 3 is 2.37 bits per heavy atom. The third-order valence-electron chi connectivity index (χ3n) is 5.12. The van der Waals surface area contributed by atoms with Crippen LogP contribution in [-0.4, -0.2) is 38.1 Å². The van der Waals surface area contributed by atoms with Gasteiger partial charge in [0.05, 0.1) is 14.2 Å². The molecule has 1 aliphatic rings. The van der Waals surface area contributed by atoms with Crippen LogP contribution < -0.4 is 14.8 Å². The van der Waals surface area contributed by atoms with Crippen molar-refractivity contribution >= 4 is 5.91 Å². The van der Waals surface area contributed by atoms with Crippen LogP contribution in [0.3, 0.4) is 0 Å². The van der Waals surface area contributed by atoms with Crippen molar-refractivity contribution in [2.45, 2.75) is 25.9 Å². The zero-order chi connectivity index (χ0) is 19.1. The van der Waals surface area contributed by atoms with Crippen molar-refractivity contribution in [2.24, 2.45) is 5.92 Å². The van der Waals surface area contributed by atoms with E-state index in [1.807, 2.05) is 24.3 Å². The number of carbonyl (C=O) groups excluding carboxylic acids is 1. The van der Waals surface area contributed by atoms with Gasteiger partial charge < -0.3 is 14.8 Å². The molecule has 0 bridgehead atoms. The molecule has 5 nitrogen and oxygen atoms in total. The minimum absolute atomic E-state index is 0.0946. The molecule has 0 atom stereocenters. The Bertz CT molecular complexity index is 740. The van der Waals surface area contributed by atoms with Crippen LogP contribution in [0.5, 0.6) is 11.5 Å². The molecule has 0 aromatic heterocycles. The molecule has 0 aliphatic carbocycles. The topological polar surface area (TPSA) is 50.8 Å². The molecular formula is C22H28N2O3. The van der Waals surface area contributed by atoms with Gasteiger partial charge in [0, 0.05) is 19.0 Å². The smallest absolute Gasteiger partial charge is 0.223 e. The predicted octanol–water partition coefficient (Wildman–Crippen LogP) is 3.23. The number of benzene rings is 2. The Balaban J connectivity index is 1.46. The average molecular weight is 368 g/mol. The van der Waals surface area contributed by atoms with Crippen LogP contribution in [0.2, 0.25) is 0 Å². The number of rotatable bonds is 7. The van der Waals surface area contributed by atoms with Crippen LogP contribution in [0.4, 0.5) is 0 Å². The minimum Gasteiger partial charge on any atom is -0.493 e. The average Bonchev–Trinajstić information content (AvgIpc) is 2.73. The molecule has 0 saturated carbocycles. The van der Waals surface area contributed by atoms with Crippen molar-refractivity contribution in [3.05, 3.63) is 59.7 Å². The number of ether oxygens (including phenoxy) is 2. The summed E-state index contributed by atoms with van der Waals surface area (Å²) < 4.78 is 10.6. The van der Waals surface area contributed by atoms with Crippen LogP contribution in [0.25, 0.3) is 0 Å². The molecule has 0 radical (unpaired) electrons. The van der Waals surface area contributed by atoms with Crippen molar-refractivity contribution in [2.75, 3.05) is 27.3 Å². The number of likely N-dealkylation sites (tertiary alicyclic amines) is 1. The first kappa shape index (κ1) is 19.2. The van der Waals surface area contributed by atoms with Gasteiger partial charge in [-0.3, -0.25) is 9.69 Å². The molecule has 2 aromatic rings. The van der Waals surface area contributed by atoms with E-state index >= 15 is 0 Å². The van der Waals surface area contributed by atoms with E-state index in [1.165, 1.54) is 5.56 Å². The number of hydrogen-bond donors (Lipinski definition) is 1. The van der Waals surface area contributed by atoms with Crippen LogP contribution in [0.1, 0.15) is 24.0 Å². The largest absolute Gasteiger partial charge is 0.493 e. The second-order valence-electron chi connectivity index (χ2n) is 6.94. The fourth-order valence-corrected chi connectivity index (χ4v) is 3.52. The summed E-state index contributed by atoms with van der Waals surface area (Å²) in [4.78, 5) is 15.0. The lowest BCUT2D eigenvalue weighted by atomic mass is 9.95. The zero-order valence-corrected chi connectivity index (χ0v) is 16.1. The number of carbonyl (C=O) groups is 1. The molecule has 1 saturated heterocycles. The lowest BCUT2D eigenvalue weighted by Crippen LogP contribution is -2.40. The molecule has 1 heterocycles. The van der Waals surface area contributed by atoms with E-state index in [-0.39, 0.29) is 11.8 Å². The summed E-state index contributed by atoms with van der Waals surface area (Å²) in [5, 5.41) is 3.07. The van der Waals surface area contributed by atoms with E-state index in [9.17, 15) is 4.79 Å². The number of hydrogen-bond acceptors (Lipinski definition) is 4. The molecule has 27 heavy (non-hydrogen) atoms. The Labute approximate surface area is 161 Å². The Morgan fingerprint density at radius 1 is 1.00 bits per heavy atom. The summed E-state index contributed by atoms with van der Waals surface area (Å²) in [6.45, 7) is 3.39. The fraction of sp³-hybridized carbons (Fsp3) is 0.409. The van der Waals surface area contributed by atoms with Crippen LogP contribution in [-0.2, 0) is 17.9 Å². The maximum atomic E-state index is 12.5. The molecule has 3 rings (SSSR count). The molecule has 1 N–H and O–H groups in total. The van der Waals surface area contributed by atoms with Gasteiger partial charge in [0.2, 0.25) is 5.91 Å². The molecular weight excluding hydrogens is 340 g/mol. The van der Waals surface area contributed by atoms with Gasteiger partial charge in [-0.15, -0.1) is 0 Å². The Morgan fingerprint density at radius 2 is 1.70 bits per heavy atom. The Hall–Kier alpha value is -2.53. The standard InChI is InChI=1S/C22H28N2O3/c1-26-20-9-8-18(14-21(20)27-2)15-23-22(25)19-10-12-24(13-11-19)16-17-6-4-3-5-7-17/h3-9,14,19H,10-13,15-16H2,1-2H3,(H,23,25). The van der Waals surface area contributed by atoms with Gasteiger partial charge >= 0.3 is 0 Å². The van der Waals surface area contributed by atoms with E-state index in [0.717, 1.165) is 38.0 Å². The van der Waals surface area contributed by atoms with Crippen molar-refractivity contribution in [1.29, 1.82) is 0 Å². The number of amides is 1. The molecule has 1 fully saturated rings. The number of piperidine rings is 1. The van der Waals surface area contributed by atoms with Crippen molar-refractivity contribution < 1.29 is 14.3 Å². The first-order chi connectivity index (χ1) is 13.2. The third kappa shape index (κ3) is 5.23. The summed E-state index contributed by atoms with van der Waals surface area (Å²) in [7, 11) is 3.23.